The number of hydrogen-bond donors (Lipinski definition) is 1. The lowest BCUT2D eigenvalue weighted by Crippen LogP contribution is -2.30. The first-order valence-electron chi connectivity index (χ1n) is 7.52. The zero-order chi connectivity index (χ0) is 17.7. The van der Waals surface area contributed by atoms with E-state index in [-0.39, 0.29) is 17.4 Å². The van der Waals surface area contributed by atoms with Gasteiger partial charge in [0.2, 0.25) is 0 Å². The third-order valence-electron chi connectivity index (χ3n) is 3.80. The highest BCUT2D eigenvalue weighted by atomic mass is 19.1. The van der Waals surface area contributed by atoms with E-state index in [0.29, 0.717) is 6.54 Å². The van der Waals surface area contributed by atoms with Gasteiger partial charge in [-0.2, -0.15) is 0 Å². The van der Waals surface area contributed by atoms with Crippen molar-refractivity contribution in [2.24, 2.45) is 5.92 Å². The zero-order valence-corrected chi connectivity index (χ0v) is 13.4. The fourth-order valence-corrected chi connectivity index (χ4v) is 2.48. The number of nitro groups is 1. The van der Waals surface area contributed by atoms with Crippen molar-refractivity contribution < 1.29 is 14.1 Å². The van der Waals surface area contributed by atoms with E-state index in [1.165, 1.54) is 0 Å². The van der Waals surface area contributed by atoms with E-state index in [0.717, 1.165) is 23.8 Å². The number of nitrogens with zero attached hydrogens (tertiary/aromatic N) is 2. The van der Waals surface area contributed by atoms with Gasteiger partial charge in [0.25, 0.3) is 11.6 Å². The van der Waals surface area contributed by atoms with Crippen LogP contribution >= 0.6 is 0 Å². The molecule has 0 aliphatic rings. The van der Waals surface area contributed by atoms with Gasteiger partial charge in [-0.1, -0.05) is 19.9 Å². The second-order valence-corrected chi connectivity index (χ2v) is 5.77. The molecule has 0 spiro atoms. The summed E-state index contributed by atoms with van der Waals surface area (Å²) >= 11 is 0. The highest BCUT2D eigenvalue weighted by molar-refractivity contribution is 5.98. The standard InChI is InChI=1S/C17H18FN3O3/c1-11(2)15(12-4-3-7-19-9-12)10-20-17(22)14-6-5-13(18)8-16(14)21(23)24/h3-9,11,15H,10H2,1-2H3,(H,20,22)/t15-/m1/s1. The zero-order valence-electron chi connectivity index (χ0n) is 13.4. The Kier molecular flexibility index (Phi) is 5.57. The van der Waals surface area contributed by atoms with Crippen molar-refractivity contribution in [3.8, 4) is 0 Å². The normalized spacial score (nSPS) is 12.0. The molecule has 1 aromatic heterocycles. The number of hydrogen-bond acceptors (Lipinski definition) is 4. The van der Waals surface area contributed by atoms with Crippen LogP contribution in [0.15, 0.2) is 42.7 Å². The number of pyridine rings is 1. The minimum absolute atomic E-state index is 0.0159. The molecule has 0 bridgehead atoms. The summed E-state index contributed by atoms with van der Waals surface area (Å²) in [4.78, 5) is 26.6. The number of halogens is 1. The molecule has 7 heteroatoms. The molecule has 0 unspecified atom stereocenters. The van der Waals surface area contributed by atoms with E-state index in [1.807, 2.05) is 26.0 Å². The van der Waals surface area contributed by atoms with Crippen LogP contribution in [-0.4, -0.2) is 22.4 Å². The third-order valence-corrected chi connectivity index (χ3v) is 3.80. The number of nitrogens with one attached hydrogen (secondary N) is 1. The van der Waals surface area contributed by atoms with Gasteiger partial charge in [-0.05, 0) is 29.7 Å². The molecule has 1 amide bonds. The van der Waals surface area contributed by atoms with Gasteiger partial charge in [-0.3, -0.25) is 19.9 Å². The van der Waals surface area contributed by atoms with Crippen LogP contribution in [0.3, 0.4) is 0 Å². The van der Waals surface area contributed by atoms with Crippen molar-refractivity contribution in [1.82, 2.24) is 10.3 Å². The van der Waals surface area contributed by atoms with Crippen LogP contribution in [0, 0.1) is 21.8 Å². The van der Waals surface area contributed by atoms with Crippen LogP contribution in [0.1, 0.15) is 35.7 Å². The second kappa shape index (κ2) is 7.63. The van der Waals surface area contributed by atoms with Crippen LogP contribution in [0.25, 0.3) is 0 Å². The summed E-state index contributed by atoms with van der Waals surface area (Å²) in [6.45, 7) is 4.34. The molecule has 0 radical (unpaired) electrons. The summed E-state index contributed by atoms with van der Waals surface area (Å²) in [5, 5.41) is 13.7. The first-order chi connectivity index (χ1) is 11.4. The van der Waals surface area contributed by atoms with E-state index in [9.17, 15) is 19.3 Å². The molecule has 2 rings (SSSR count). The van der Waals surface area contributed by atoms with Crippen molar-refractivity contribution >= 4 is 11.6 Å². The lowest BCUT2D eigenvalue weighted by molar-refractivity contribution is -0.385. The molecule has 1 atom stereocenters. The van der Waals surface area contributed by atoms with E-state index in [4.69, 9.17) is 0 Å². The molecule has 0 saturated carbocycles. The van der Waals surface area contributed by atoms with Crippen molar-refractivity contribution in [2.75, 3.05) is 6.54 Å². The number of nitro benzene ring substituents is 1. The number of amides is 1. The molecule has 0 aliphatic carbocycles. The maximum atomic E-state index is 13.2. The van der Waals surface area contributed by atoms with E-state index in [2.05, 4.69) is 10.3 Å². The van der Waals surface area contributed by atoms with Gasteiger partial charge in [-0.25, -0.2) is 4.39 Å². The van der Waals surface area contributed by atoms with Gasteiger partial charge in [0.05, 0.1) is 11.0 Å². The number of carbonyl (C=O) groups is 1. The van der Waals surface area contributed by atoms with E-state index < -0.39 is 22.3 Å². The molecule has 0 fully saturated rings. The minimum Gasteiger partial charge on any atom is -0.351 e. The van der Waals surface area contributed by atoms with Gasteiger partial charge in [0.15, 0.2) is 0 Å². The lowest BCUT2D eigenvalue weighted by atomic mass is 9.89. The van der Waals surface area contributed by atoms with Crippen LogP contribution in [0.2, 0.25) is 0 Å². The third kappa shape index (κ3) is 4.13. The monoisotopic (exact) mass is 331 g/mol. The number of benzene rings is 1. The molecule has 1 N–H and O–H groups in total. The summed E-state index contributed by atoms with van der Waals surface area (Å²) in [5.74, 6) is -1.11. The Morgan fingerprint density at radius 1 is 1.38 bits per heavy atom. The molecule has 1 aromatic carbocycles. The summed E-state index contributed by atoms with van der Waals surface area (Å²) < 4.78 is 13.2. The Hall–Kier alpha value is -2.83. The molecule has 2 aromatic rings. The highest BCUT2D eigenvalue weighted by Gasteiger charge is 2.23. The Bertz CT molecular complexity index is 735. The summed E-state index contributed by atoms with van der Waals surface area (Å²) in [5.41, 5.74) is 0.270. The maximum absolute atomic E-state index is 13.2. The largest absolute Gasteiger partial charge is 0.351 e. The van der Waals surface area contributed by atoms with Gasteiger partial charge >= 0.3 is 0 Å². The highest BCUT2D eigenvalue weighted by Crippen LogP contribution is 2.24. The first kappa shape index (κ1) is 17.5. The quantitative estimate of drug-likeness (QED) is 0.650. The second-order valence-electron chi connectivity index (χ2n) is 5.77. The van der Waals surface area contributed by atoms with Crippen molar-refractivity contribution in [3.05, 3.63) is 69.8 Å². The van der Waals surface area contributed by atoms with Gasteiger partial charge in [0.1, 0.15) is 11.4 Å². The average Bonchev–Trinajstić information content (AvgIpc) is 2.55. The number of rotatable bonds is 6. The Morgan fingerprint density at radius 3 is 2.71 bits per heavy atom. The Morgan fingerprint density at radius 2 is 2.12 bits per heavy atom. The Balaban J connectivity index is 2.16. The fourth-order valence-electron chi connectivity index (χ4n) is 2.48. The average molecular weight is 331 g/mol. The smallest absolute Gasteiger partial charge is 0.285 e. The molecule has 0 aliphatic heterocycles. The van der Waals surface area contributed by atoms with Gasteiger partial charge < -0.3 is 5.32 Å². The molecule has 6 nitrogen and oxygen atoms in total. The first-order valence-corrected chi connectivity index (χ1v) is 7.52. The van der Waals surface area contributed by atoms with Gasteiger partial charge in [-0.15, -0.1) is 0 Å². The predicted molar refractivity (Wildman–Crippen MR) is 87.2 cm³/mol. The molecular formula is C17H18FN3O3. The van der Waals surface area contributed by atoms with E-state index in [1.54, 1.807) is 12.4 Å². The summed E-state index contributed by atoms with van der Waals surface area (Å²) in [7, 11) is 0. The molecule has 126 valence electrons. The van der Waals surface area contributed by atoms with Crippen molar-refractivity contribution in [3.63, 3.8) is 0 Å². The van der Waals surface area contributed by atoms with Crippen LogP contribution in [-0.2, 0) is 0 Å². The predicted octanol–water partition coefficient (Wildman–Crippen LogP) is 3.30. The van der Waals surface area contributed by atoms with Gasteiger partial charge in [0, 0.05) is 24.9 Å². The summed E-state index contributed by atoms with van der Waals surface area (Å²) in [6.07, 6.45) is 3.40. The fraction of sp³-hybridized carbons (Fsp3) is 0.294. The minimum atomic E-state index is -0.765. The van der Waals surface area contributed by atoms with Crippen molar-refractivity contribution in [1.29, 1.82) is 0 Å². The lowest BCUT2D eigenvalue weighted by Gasteiger charge is -2.21. The molecule has 0 saturated heterocycles. The van der Waals surface area contributed by atoms with Crippen molar-refractivity contribution in [2.45, 2.75) is 19.8 Å². The number of aromatic nitrogens is 1. The molecular weight excluding hydrogens is 313 g/mol. The Labute approximate surface area is 138 Å². The molecule has 1 heterocycles. The molecule has 24 heavy (non-hydrogen) atoms. The van der Waals surface area contributed by atoms with E-state index >= 15 is 0 Å². The SMILES string of the molecule is CC(C)[C@@H](CNC(=O)c1ccc(F)cc1[N+](=O)[O-])c1cccnc1. The maximum Gasteiger partial charge on any atom is 0.285 e. The topological polar surface area (TPSA) is 85.1 Å². The number of carbonyl (C=O) groups excluding carboxylic acids is 1. The van der Waals surface area contributed by atoms with Crippen LogP contribution in [0.5, 0.6) is 0 Å². The summed E-state index contributed by atoms with van der Waals surface area (Å²) in [6, 6.07) is 6.64. The van der Waals surface area contributed by atoms with Crippen LogP contribution in [0.4, 0.5) is 10.1 Å². The van der Waals surface area contributed by atoms with Crippen LogP contribution < -0.4 is 5.32 Å².